The fraction of sp³-hybridized carbons (Fsp3) is 0.389. The Bertz CT molecular complexity index is 713. The maximum atomic E-state index is 12.0. The molecule has 2 aliphatic heterocycles. The molecule has 1 aromatic rings. The lowest BCUT2D eigenvalue weighted by molar-refractivity contribution is -0.217. The molecular formula is C18H21N3O5. The molecule has 0 aromatic carbocycles. The molecule has 2 aliphatic rings. The number of carbonyl (C=O) groups excluding carboxylic acids is 2. The van der Waals surface area contributed by atoms with Crippen LogP contribution in [-0.2, 0) is 19.1 Å². The minimum absolute atomic E-state index is 0.139. The molecule has 8 nitrogen and oxygen atoms in total. The lowest BCUT2D eigenvalue weighted by Crippen LogP contribution is -2.58. The van der Waals surface area contributed by atoms with Gasteiger partial charge in [0.05, 0.1) is 24.6 Å². The molecule has 0 saturated carbocycles. The standard InChI is InChI=1S/C18H21N3O5/c1-3-13(2)24-15-9-14(10-20-11-15)21-8-4-7-19-12-18(21)25-16(22)5-6-17(23)26-18/h3,5-6,9-11,13,19H,1,4,7-8,12H2,2H3. The molecule has 1 N–H and O–H groups in total. The second kappa shape index (κ2) is 7.57. The zero-order valence-corrected chi connectivity index (χ0v) is 14.5. The maximum absolute atomic E-state index is 12.0. The Kier molecular flexibility index (Phi) is 5.22. The number of pyridine rings is 1. The van der Waals surface area contributed by atoms with E-state index in [1.165, 1.54) is 0 Å². The molecule has 3 rings (SSSR count). The van der Waals surface area contributed by atoms with E-state index < -0.39 is 17.8 Å². The number of carbonyl (C=O) groups is 2. The van der Waals surface area contributed by atoms with Crippen LogP contribution in [0.1, 0.15) is 13.3 Å². The van der Waals surface area contributed by atoms with Crippen LogP contribution >= 0.6 is 0 Å². The number of anilines is 1. The topological polar surface area (TPSA) is 90.0 Å². The summed E-state index contributed by atoms with van der Waals surface area (Å²) in [5, 5.41) is 3.14. The molecule has 1 atom stereocenters. The minimum atomic E-state index is -1.58. The van der Waals surface area contributed by atoms with E-state index in [9.17, 15) is 9.59 Å². The van der Waals surface area contributed by atoms with E-state index in [0.29, 0.717) is 24.5 Å². The van der Waals surface area contributed by atoms with E-state index in [2.05, 4.69) is 16.9 Å². The van der Waals surface area contributed by atoms with Gasteiger partial charge in [-0.1, -0.05) is 12.7 Å². The quantitative estimate of drug-likeness (QED) is 0.632. The summed E-state index contributed by atoms with van der Waals surface area (Å²) in [6.07, 6.45) is 7.55. The number of rotatable bonds is 4. The van der Waals surface area contributed by atoms with Gasteiger partial charge in [0.2, 0.25) is 0 Å². The van der Waals surface area contributed by atoms with Gasteiger partial charge in [-0.25, -0.2) is 9.59 Å². The minimum Gasteiger partial charge on any atom is -0.485 e. The molecule has 0 amide bonds. The van der Waals surface area contributed by atoms with E-state index in [1.807, 2.05) is 6.92 Å². The molecule has 3 heterocycles. The van der Waals surface area contributed by atoms with Gasteiger partial charge < -0.3 is 19.5 Å². The zero-order chi connectivity index (χ0) is 18.6. The van der Waals surface area contributed by atoms with Gasteiger partial charge in [-0.05, 0) is 19.9 Å². The summed E-state index contributed by atoms with van der Waals surface area (Å²) in [6.45, 7) is 6.88. The number of hydrogen-bond acceptors (Lipinski definition) is 8. The molecule has 1 fully saturated rings. The molecule has 0 radical (unpaired) electrons. The van der Waals surface area contributed by atoms with Gasteiger partial charge in [0.15, 0.2) is 0 Å². The first kappa shape index (κ1) is 17.9. The smallest absolute Gasteiger partial charge is 0.356 e. The lowest BCUT2D eigenvalue weighted by Gasteiger charge is -2.40. The number of nitrogens with one attached hydrogen (secondary N) is 1. The van der Waals surface area contributed by atoms with Crippen molar-refractivity contribution in [2.75, 3.05) is 24.5 Å². The summed E-state index contributed by atoms with van der Waals surface area (Å²) in [5.74, 6) is -2.35. The summed E-state index contributed by atoms with van der Waals surface area (Å²) in [4.78, 5) is 29.9. The normalized spacial score (nSPS) is 20.6. The SMILES string of the molecule is C=CC(C)Oc1cncc(N2CCCNCC23OC(=O)C=CC(=O)O3)c1. The zero-order valence-electron chi connectivity index (χ0n) is 14.5. The van der Waals surface area contributed by atoms with Crippen LogP contribution in [-0.4, -0.2) is 48.6 Å². The average Bonchev–Trinajstić information content (AvgIpc) is 2.90. The highest BCUT2D eigenvalue weighted by Gasteiger charge is 2.47. The summed E-state index contributed by atoms with van der Waals surface area (Å²) < 4.78 is 16.7. The molecular weight excluding hydrogens is 338 g/mol. The highest BCUT2D eigenvalue weighted by Crippen LogP contribution is 2.31. The largest absolute Gasteiger partial charge is 0.485 e. The first-order chi connectivity index (χ1) is 12.5. The van der Waals surface area contributed by atoms with E-state index in [1.54, 1.807) is 29.4 Å². The van der Waals surface area contributed by atoms with Crippen LogP contribution in [0.2, 0.25) is 0 Å². The van der Waals surface area contributed by atoms with Gasteiger partial charge in [-0.2, -0.15) is 0 Å². The Labute approximate surface area is 151 Å². The molecule has 1 unspecified atom stereocenters. The lowest BCUT2D eigenvalue weighted by atomic mass is 10.2. The Hall–Kier alpha value is -2.87. The third kappa shape index (κ3) is 3.85. The van der Waals surface area contributed by atoms with Crippen LogP contribution in [0.3, 0.4) is 0 Å². The third-order valence-electron chi connectivity index (χ3n) is 4.03. The average molecular weight is 359 g/mol. The summed E-state index contributed by atoms with van der Waals surface area (Å²) in [5.41, 5.74) is 0.616. The summed E-state index contributed by atoms with van der Waals surface area (Å²) in [6, 6.07) is 1.76. The van der Waals surface area contributed by atoms with Gasteiger partial charge in [0.25, 0.3) is 0 Å². The van der Waals surface area contributed by atoms with E-state index in [0.717, 1.165) is 18.6 Å². The van der Waals surface area contributed by atoms with Crippen molar-refractivity contribution in [1.29, 1.82) is 0 Å². The third-order valence-corrected chi connectivity index (χ3v) is 4.03. The van der Waals surface area contributed by atoms with Crippen LogP contribution < -0.4 is 15.0 Å². The van der Waals surface area contributed by atoms with Crippen LogP contribution in [0.5, 0.6) is 5.75 Å². The number of hydrogen-bond donors (Lipinski definition) is 1. The van der Waals surface area contributed by atoms with Crippen molar-refractivity contribution >= 4 is 17.6 Å². The van der Waals surface area contributed by atoms with Crippen LogP contribution in [0, 0.1) is 0 Å². The van der Waals surface area contributed by atoms with Crippen molar-refractivity contribution in [3.05, 3.63) is 43.3 Å². The predicted octanol–water partition coefficient (Wildman–Crippen LogP) is 1.14. The second-order valence-corrected chi connectivity index (χ2v) is 6.01. The molecule has 1 aromatic heterocycles. The van der Waals surface area contributed by atoms with Crippen molar-refractivity contribution in [2.45, 2.75) is 25.4 Å². The first-order valence-corrected chi connectivity index (χ1v) is 8.39. The van der Waals surface area contributed by atoms with Crippen molar-refractivity contribution in [3.8, 4) is 5.75 Å². The Morgan fingerprint density at radius 1 is 1.35 bits per heavy atom. The first-order valence-electron chi connectivity index (χ1n) is 8.39. The van der Waals surface area contributed by atoms with Crippen molar-refractivity contribution < 1.29 is 23.8 Å². The Morgan fingerprint density at radius 3 is 2.77 bits per heavy atom. The molecule has 8 heteroatoms. The van der Waals surface area contributed by atoms with Crippen molar-refractivity contribution in [3.63, 3.8) is 0 Å². The molecule has 26 heavy (non-hydrogen) atoms. The molecule has 138 valence electrons. The van der Waals surface area contributed by atoms with Crippen molar-refractivity contribution in [2.24, 2.45) is 0 Å². The van der Waals surface area contributed by atoms with Gasteiger partial charge in [-0.3, -0.25) is 9.88 Å². The van der Waals surface area contributed by atoms with Crippen LogP contribution in [0.4, 0.5) is 5.69 Å². The van der Waals surface area contributed by atoms with E-state index in [-0.39, 0.29) is 12.6 Å². The second-order valence-electron chi connectivity index (χ2n) is 6.01. The number of esters is 2. The van der Waals surface area contributed by atoms with Crippen LogP contribution in [0.15, 0.2) is 43.3 Å². The molecule has 1 saturated heterocycles. The van der Waals surface area contributed by atoms with E-state index in [4.69, 9.17) is 14.2 Å². The Morgan fingerprint density at radius 2 is 2.08 bits per heavy atom. The fourth-order valence-electron chi connectivity index (χ4n) is 2.80. The molecule has 1 spiro atoms. The maximum Gasteiger partial charge on any atom is 0.356 e. The molecule has 0 aliphatic carbocycles. The highest BCUT2D eigenvalue weighted by molar-refractivity contribution is 5.93. The number of aromatic nitrogens is 1. The van der Waals surface area contributed by atoms with Crippen LogP contribution in [0.25, 0.3) is 0 Å². The highest BCUT2D eigenvalue weighted by atomic mass is 16.8. The summed E-state index contributed by atoms with van der Waals surface area (Å²) >= 11 is 0. The monoisotopic (exact) mass is 359 g/mol. The summed E-state index contributed by atoms with van der Waals surface area (Å²) in [7, 11) is 0. The van der Waals surface area contributed by atoms with Gasteiger partial charge >= 0.3 is 17.8 Å². The molecule has 0 bridgehead atoms. The van der Waals surface area contributed by atoms with E-state index >= 15 is 0 Å². The number of ether oxygens (including phenoxy) is 3. The van der Waals surface area contributed by atoms with Gasteiger partial charge in [0.1, 0.15) is 11.9 Å². The van der Waals surface area contributed by atoms with Crippen molar-refractivity contribution in [1.82, 2.24) is 10.3 Å². The number of nitrogens with zero attached hydrogens (tertiary/aromatic N) is 2. The fourth-order valence-corrected chi connectivity index (χ4v) is 2.80. The predicted molar refractivity (Wildman–Crippen MR) is 93.4 cm³/mol. The Balaban J connectivity index is 1.97. The van der Waals surface area contributed by atoms with Gasteiger partial charge in [-0.15, -0.1) is 0 Å². The van der Waals surface area contributed by atoms with Gasteiger partial charge in [0, 0.05) is 24.8 Å².